The maximum atomic E-state index is 12.8. The summed E-state index contributed by atoms with van der Waals surface area (Å²) >= 11 is 0. The molecule has 0 fully saturated rings. The van der Waals surface area contributed by atoms with Crippen molar-refractivity contribution in [1.82, 2.24) is 4.57 Å². The molecule has 2 heterocycles. The Morgan fingerprint density at radius 2 is 2.12 bits per heavy atom. The zero-order valence-corrected chi connectivity index (χ0v) is 13.5. The average Bonchev–Trinajstić information content (AvgIpc) is 2.58. The van der Waals surface area contributed by atoms with Gasteiger partial charge in [0, 0.05) is 36.9 Å². The second kappa shape index (κ2) is 5.87. The Kier molecular flexibility index (Phi) is 3.85. The van der Waals surface area contributed by atoms with Gasteiger partial charge in [0.05, 0.1) is 16.6 Å². The molecular weight excluding hydrogens is 324 g/mol. The summed E-state index contributed by atoms with van der Waals surface area (Å²) in [6.07, 6.45) is 0. The van der Waals surface area contributed by atoms with Crippen LogP contribution in [0.3, 0.4) is 0 Å². The molecule has 1 aliphatic heterocycles. The number of nitrogens with zero attached hydrogens (tertiary/aromatic N) is 3. The lowest BCUT2D eigenvalue weighted by atomic mass is 9.79. The number of hydrogen-bond donors (Lipinski definition) is 1. The normalized spacial score (nSPS) is 18.8. The van der Waals surface area contributed by atoms with Gasteiger partial charge in [0.15, 0.2) is 0 Å². The summed E-state index contributed by atoms with van der Waals surface area (Å²) < 4.78 is 6.82. The summed E-state index contributed by atoms with van der Waals surface area (Å²) in [5, 5.41) is 28.6. The number of fused-ring (bicyclic) bond motifs is 1. The van der Waals surface area contributed by atoms with Crippen LogP contribution < -0.4 is 10.3 Å². The fourth-order valence-electron chi connectivity index (χ4n) is 3.01. The molecule has 2 atom stereocenters. The summed E-state index contributed by atoms with van der Waals surface area (Å²) in [5.41, 5.74) is 0.814. The Balaban J connectivity index is 2.31. The van der Waals surface area contributed by atoms with Crippen molar-refractivity contribution in [2.24, 2.45) is 13.0 Å². The SMILES string of the molecule is Cc1cc2c(c(=O)n1C)C(c1cccc([N+](=O)[O-])c1)C(C#N)C(=N)O2. The van der Waals surface area contributed by atoms with E-state index in [0.717, 1.165) is 0 Å². The van der Waals surface area contributed by atoms with Crippen LogP contribution >= 0.6 is 0 Å². The first-order chi connectivity index (χ1) is 11.8. The van der Waals surface area contributed by atoms with Crippen molar-refractivity contribution in [3.05, 3.63) is 67.6 Å². The fraction of sp³-hybridized carbons (Fsp3) is 0.235. The minimum atomic E-state index is -1.04. The third-order valence-corrected chi connectivity index (χ3v) is 4.40. The first-order valence-electron chi connectivity index (χ1n) is 7.46. The zero-order valence-electron chi connectivity index (χ0n) is 13.5. The van der Waals surface area contributed by atoms with E-state index in [1.807, 2.05) is 6.07 Å². The maximum Gasteiger partial charge on any atom is 0.269 e. The highest BCUT2D eigenvalue weighted by atomic mass is 16.6. The molecule has 3 rings (SSSR count). The highest BCUT2D eigenvalue weighted by molar-refractivity contribution is 5.85. The van der Waals surface area contributed by atoms with Crippen LogP contribution in [0.2, 0.25) is 0 Å². The van der Waals surface area contributed by atoms with Gasteiger partial charge in [-0.15, -0.1) is 0 Å². The number of ether oxygens (including phenoxy) is 1. The van der Waals surface area contributed by atoms with E-state index in [0.29, 0.717) is 11.3 Å². The van der Waals surface area contributed by atoms with Crippen molar-refractivity contribution in [2.45, 2.75) is 12.8 Å². The van der Waals surface area contributed by atoms with E-state index in [9.17, 15) is 20.2 Å². The second-order valence-corrected chi connectivity index (χ2v) is 5.83. The van der Waals surface area contributed by atoms with Gasteiger partial charge >= 0.3 is 0 Å². The first kappa shape index (κ1) is 16.4. The number of nitrogens with one attached hydrogen (secondary N) is 1. The highest BCUT2D eigenvalue weighted by Crippen LogP contribution is 2.41. The fourth-order valence-corrected chi connectivity index (χ4v) is 3.01. The number of nitro benzene ring substituents is 1. The van der Waals surface area contributed by atoms with Crippen molar-refractivity contribution < 1.29 is 9.66 Å². The molecular formula is C17H14N4O4. The third-order valence-electron chi connectivity index (χ3n) is 4.40. The van der Waals surface area contributed by atoms with E-state index >= 15 is 0 Å². The van der Waals surface area contributed by atoms with Gasteiger partial charge in [-0.25, -0.2) is 0 Å². The summed E-state index contributed by atoms with van der Waals surface area (Å²) in [6, 6.07) is 9.39. The Morgan fingerprint density at radius 3 is 2.76 bits per heavy atom. The summed E-state index contributed by atoms with van der Waals surface area (Å²) in [5.74, 6) is -1.90. The minimum absolute atomic E-state index is 0.141. The number of rotatable bonds is 2. The summed E-state index contributed by atoms with van der Waals surface area (Å²) in [7, 11) is 1.60. The molecule has 0 spiro atoms. The molecule has 0 aliphatic carbocycles. The van der Waals surface area contributed by atoms with E-state index in [2.05, 4.69) is 0 Å². The standard InChI is InChI=1S/C17H14N4O4/c1-9-6-13-15(17(22)20(9)2)14(12(8-18)16(19)25-13)10-4-3-5-11(7-10)21(23)24/h3-7,12,14,19H,1-2H3. The minimum Gasteiger partial charge on any atom is -0.442 e. The van der Waals surface area contributed by atoms with Crippen LogP contribution in [-0.2, 0) is 7.05 Å². The molecule has 25 heavy (non-hydrogen) atoms. The molecule has 1 N–H and O–H groups in total. The second-order valence-electron chi connectivity index (χ2n) is 5.83. The van der Waals surface area contributed by atoms with Crippen LogP contribution in [0.1, 0.15) is 22.7 Å². The van der Waals surface area contributed by atoms with Crippen LogP contribution in [0, 0.1) is 39.7 Å². The van der Waals surface area contributed by atoms with Gasteiger partial charge in [0.2, 0.25) is 5.90 Å². The Hall–Kier alpha value is -3.47. The number of hydrogen-bond acceptors (Lipinski definition) is 6. The van der Waals surface area contributed by atoms with Crippen LogP contribution in [0.15, 0.2) is 35.1 Å². The topological polar surface area (TPSA) is 122 Å². The molecule has 0 bridgehead atoms. The van der Waals surface area contributed by atoms with Gasteiger partial charge in [-0.3, -0.25) is 20.3 Å². The monoisotopic (exact) mass is 338 g/mol. The van der Waals surface area contributed by atoms with E-state index in [1.54, 1.807) is 26.1 Å². The van der Waals surface area contributed by atoms with Crippen LogP contribution in [0.25, 0.3) is 0 Å². The van der Waals surface area contributed by atoms with E-state index in [4.69, 9.17) is 10.1 Å². The van der Waals surface area contributed by atoms with Crippen LogP contribution in [0.4, 0.5) is 5.69 Å². The lowest BCUT2D eigenvalue weighted by Gasteiger charge is -2.30. The molecule has 2 aromatic rings. The molecule has 0 radical (unpaired) electrons. The zero-order chi connectivity index (χ0) is 18.3. The van der Waals surface area contributed by atoms with E-state index in [1.165, 1.54) is 22.8 Å². The van der Waals surface area contributed by atoms with Gasteiger partial charge in [-0.2, -0.15) is 5.26 Å². The maximum absolute atomic E-state index is 12.8. The number of aromatic nitrogens is 1. The predicted molar refractivity (Wildman–Crippen MR) is 88.8 cm³/mol. The number of non-ortho nitro benzene ring substituents is 1. The highest BCUT2D eigenvalue weighted by Gasteiger charge is 2.39. The van der Waals surface area contributed by atoms with E-state index < -0.39 is 16.8 Å². The van der Waals surface area contributed by atoms with Crippen molar-refractivity contribution >= 4 is 11.6 Å². The van der Waals surface area contributed by atoms with Gasteiger partial charge in [0.25, 0.3) is 11.2 Å². The Bertz CT molecular complexity index is 1000. The smallest absolute Gasteiger partial charge is 0.269 e. The van der Waals surface area contributed by atoms with Gasteiger partial charge in [-0.05, 0) is 12.5 Å². The Morgan fingerprint density at radius 1 is 1.40 bits per heavy atom. The van der Waals surface area contributed by atoms with Gasteiger partial charge in [0.1, 0.15) is 11.7 Å². The molecule has 0 saturated carbocycles. The summed E-state index contributed by atoms with van der Waals surface area (Å²) in [6.45, 7) is 1.73. The van der Waals surface area contributed by atoms with Crippen molar-refractivity contribution in [3.8, 4) is 11.8 Å². The lowest BCUT2D eigenvalue weighted by molar-refractivity contribution is -0.384. The number of benzene rings is 1. The van der Waals surface area contributed by atoms with Crippen molar-refractivity contribution in [3.63, 3.8) is 0 Å². The number of pyridine rings is 1. The van der Waals surface area contributed by atoms with Gasteiger partial charge < -0.3 is 9.30 Å². The number of nitriles is 1. The van der Waals surface area contributed by atoms with Crippen molar-refractivity contribution in [2.75, 3.05) is 0 Å². The molecule has 2 unspecified atom stereocenters. The average molecular weight is 338 g/mol. The van der Waals surface area contributed by atoms with E-state index in [-0.39, 0.29) is 28.5 Å². The Labute approximate surface area is 142 Å². The predicted octanol–water partition coefficient (Wildman–Crippen LogP) is 2.24. The molecule has 1 aliphatic rings. The molecule has 1 aromatic heterocycles. The van der Waals surface area contributed by atoms with Crippen molar-refractivity contribution in [1.29, 1.82) is 10.7 Å². The molecule has 1 aromatic carbocycles. The lowest BCUT2D eigenvalue weighted by Crippen LogP contribution is -2.37. The molecule has 0 amide bonds. The largest absolute Gasteiger partial charge is 0.442 e. The molecule has 0 saturated heterocycles. The van der Waals surface area contributed by atoms with Crippen LogP contribution in [0.5, 0.6) is 5.75 Å². The van der Waals surface area contributed by atoms with Crippen LogP contribution in [-0.4, -0.2) is 15.4 Å². The third kappa shape index (κ3) is 2.55. The summed E-state index contributed by atoms with van der Waals surface area (Å²) in [4.78, 5) is 23.3. The number of aryl methyl sites for hydroxylation is 1. The first-order valence-corrected chi connectivity index (χ1v) is 7.46. The quantitative estimate of drug-likeness (QED) is 0.664. The number of nitro groups is 1. The molecule has 126 valence electrons. The molecule has 8 nitrogen and oxygen atoms in total. The van der Waals surface area contributed by atoms with Gasteiger partial charge in [-0.1, -0.05) is 12.1 Å². The molecule has 8 heteroatoms.